The number of hydrogen-bond acceptors (Lipinski definition) is 4. The second-order valence-corrected chi connectivity index (χ2v) is 9.87. The molecule has 2 aliphatic carbocycles. The van der Waals surface area contributed by atoms with Gasteiger partial charge in [0.1, 0.15) is 0 Å². The van der Waals surface area contributed by atoms with E-state index in [-0.39, 0.29) is 4.87 Å². The van der Waals surface area contributed by atoms with Gasteiger partial charge in [0.25, 0.3) is 0 Å². The highest BCUT2D eigenvalue weighted by Crippen LogP contribution is 2.63. The Morgan fingerprint density at radius 1 is 1.12 bits per heavy atom. The Hall–Kier alpha value is -1.20. The first-order valence-corrected chi connectivity index (χ1v) is 10.5. The van der Waals surface area contributed by atoms with E-state index in [2.05, 4.69) is 48.2 Å². The van der Waals surface area contributed by atoms with E-state index in [4.69, 9.17) is 0 Å². The lowest BCUT2D eigenvalue weighted by molar-refractivity contribution is 0.307. The Balaban J connectivity index is 1.62. The zero-order valence-electron chi connectivity index (χ0n) is 14.0. The summed E-state index contributed by atoms with van der Waals surface area (Å²) >= 11 is 3.40. The largest absolute Gasteiger partial charge is 0.378 e. The molecule has 2 heterocycles. The van der Waals surface area contributed by atoms with Crippen LogP contribution in [0.15, 0.2) is 34.1 Å². The van der Waals surface area contributed by atoms with Gasteiger partial charge in [-0.1, -0.05) is 23.5 Å². The van der Waals surface area contributed by atoms with E-state index >= 15 is 0 Å². The summed E-state index contributed by atoms with van der Waals surface area (Å²) in [5, 5.41) is 1.85. The molecule has 5 heteroatoms. The van der Waals surface area contributed by atoms with Gasteiger partial charge in [0.15, 0.2) is 0 Å². The molecule has 2 aromatic rings. The molecule has 0 saturated heterocycles. The number of nitrogens with zero attached hydrogens (tertiary/aromatic N) is 1. The minimum atomic E-state index is 0.106. The number of hydrogen-bond donors (Lipinski definition) is 1. The summed E-state index contributed by atoms with van der Waals surface area (Å²) in [5.41, 5.74) is 2.62. The van der Waals surface area contributed by atoms with Crippen molar-refractivity contribution in [2.24, 2.45) is 17.8 Å². The number of benzene rings is 1. The van der Waals surface area contributed by atoms with Gasteiger partial charge >= 0.3 is 4.87 Å². The first-order chi connectivity index (χ1) is 11.6. The molecule has 5 rings (SSSR count). The molecule has 2 fully saturated rings. The fourth-order valence-electron chi connectivity index (χ4n) is 5.20. The monoisotopic (exact) mass is 358 g/mol. The van der Waals surface area contributed by atoms with Crippen LogP contribution in [0.3, 0.4) is 0 Å². The molecule has 24 heavy (non-hydrogen) atoms. The van der Waals surface area contributed by atoms with E-state index in [0.29, 0.717) is 17.1 Å². The van der Waals surface area contributed by atoms with E-state index < -0.39 is 0 Å². The Labute approximate surface area is 150 Å². The van der Waals surface area contributed by atoms with Gasteiger partial charge in [0.2, 0.25) is 0 Å². The molecule has 3 aliphatic rings. The normalized spacial score (nSPS) is 33.3. The smallest absolute Gasteiger partial charge is 0.305 e. The van der Waals surface area contributed by atoms with Crippen molar-refractivity contribution in [3.8, 4) is 0 Å². The van der Waals surface area contributed by atoms with Crippen molar-refractivity contribution in [3.63, 3.8) is 0 Å². The van der Waals surface area contributed by atoms with Crippen molar-refractivity contribution in [3.05, 3.63) is 44.4 Å². The molecule has 1 aliphatic heterocycles. The SMILES string of the molecule is CN(C)c1ccc([C@@H]2c3sc(=O)[nH]c3S[C@H]3[C@@H]4CC[C@@H](C4)[C@H]23)cc1. The van der Waals surface area contributed by atoms with Gasteiger partial charge < -0.3 is 9.88 Å². The van der Waals surface area contributed by atoms with E-state index in [1.54, 1.807) is 0 Å². The summed E-state index contributed by atoms with van der Waals surface area (Å²) in [6, 6.07) is 9.00. The van der Waals surface area contributed by atoms with Gasteiger partial charge in [-0.25, -0.2) is 0 Å². The van der Waals surface area contributed by atoms with E-state index in [0.717, 1.165) is 16.9 Å². The van der Waals surface area contributed by atoms with Crippen LogP contribution >= 0.6 is 23.1 Å². The minimum absolute atomic E-state index is 0.106. The lowest BCUT2D eigenvalue weighted by Crippen LogP contribution is -2.33. The standard InChI is InChI=1S/C19H22N2OS2/c1-21(2)13-7-5-10(6-8-13)14-15-11-3-4-12(9-11)16(15)23-18-17(14)24-19(22)20-18/h5-8,11-12,14-16H,3-4,9H2,1-2H3,(H,20,22)/t11-,12+,14-,15+,16-/m0/s1. The fourth-order valence-corrected chi connectivity index (χ4v) is 8.10. The van der Waals surface area contributed by atoms with Crippen LogP contribution in [0.2, 0.25) is 0 Å². The molecule has 2 bridgehead atoms. The molecule has 2 saturated carbocycles. The number of aromatic amines is 1. The topological polar surface area (TPSA) is 36.1 Å². The molecule has 1 N–H and O–H groups in total. The van der Waals surface area contributed by atoms with Gasteiger partial charge in [0, 0.05) is 35.8 Å². The molecule has 5 atom stereocenters. The molecule has 3 nitrogen and oxygen atoms in total. The van der Waals surface area contributed by atoms with Gasteiger partial charge in [-0.15, -0.1) is 11.8 Å². The predicted molar refractivity (Wildman–Crippen MR) is 102 cm³/mol. The first-order valence-electron chi connectivity index (χ1n) is 8.79. The van der Waals surface area contributed by atoms with E-state index in [9.17, 15) is 4.79 Å². The highest BCUT2D eigenvalue weighted by molar-refractivity contribution is 8.00. The highest BCUT2D eigenvalue weighted by atomic mass is 32.2. The molecule has 1 aromatic carbocycles. The maximum Gasteiger partial charge on any atom is 0.305 e. The van der Waals surface area contributed by atoms with Crippen molar-refractivity contribution >= 4 is 28.8 Å². The number of aromatic nitrogens is 1. The summed E-state index contributed by atoms with van der Waals surface area (Å²) in [6.45, 7) is 0. The third-order valence-corrected chi connectivity index (χ3v) is 8.86. The van der Waals surface area contributed by atoms with Crippen LogP contribution in [0.1, 0.15) is 35.6 Å². The van der Waals surface area contributed by atoms with Gasteiger partial charge in [0.05, 0.1) is 5.03 Å². The number of H-pyrrole nitrogens is 1. The molecule has 0 radical (unpaired) electrons. The minimum Gasteiger partial charge on any atom is -0.378 e. The highest BCUT2D eigenvalue weighted by Gasteiger charge is 2.54. The molecule has 0 unspecified atom stereocenters. The Morgan fingerprint density at radius 3 is 2.62 bits per heavy atom. The third kappa shape index (κ3) is 2.14. The fraction of sp³-hybridized carbons (Fsp3) is 0.526. The van der Waals surface area contributed by atoms with Crippen LogP contribution in [0.4, 0.5) is 5.69 Å². The summed E-state index contributed by atoms with van der Waals surface area (Å²) in [5.74, 6) is 2.81. The Kier molecular flexibility index (Phi) is 3.39. The summed E-state index contributed by atoms with van der Waals surface area (Å²) in [6.07, 6.45) is 4.16. The zero-order valence-corrected chi connectivity index (χ0v) is 15.6. The maximum absolute atomic E-state index is 12.0. The number of thiazole rings is 1. The lowest BCUT2D eigenvalue weighted by Gasteiger charge is -2.40. The molecular formula is C19H22N2OS2. The van der Waals surface area contributed by atoms with Crippen molar-refractivity contribution in [2.45, 2.75) is 35.5 Å². The van der Waals surface area contributed by atoms with Crippen molar-refractivity contribution in [2.75, 3.05) is 19.0 Å². The van der Waals surface area contributed by atoms with Gasteiger partial charge in [-0.05, 0) is 54.7 Å². The Bertz CT molecular complexity index is 823. The van der Waals surface area contributed by atoms with E-state index in [1.807, 2.05) is 11.8 Å². The molecule has 0 amide bonds. The number of thioether (sulfide) groups is 1. The van der Waals surface area contributed by atoms with Crippen molar-refractivity contribution in [1.29, 1.82) is 0 Å². The number of nitrogens with one attached hydrogen (secondary N) is 1. The van der Waals surface area contributed by atoms with Crippen molar-refractivity contribution < 1.29 is 0 Å². The maximum atomic E-state index is 12.0. The summed E-state index contributed by atoms with van der Waals surface area (Å²) in [4.78, 5) is 18.7. The summed E-state index contributed by atoms with van der Waals surface area (Å²) < 4.78 is 0. The zero-order chi connectivity index (χ0) is 16.4. The van der Waals surface area contributed by atoms with Gasteiger partial charge in [-0.3, -0.25) is 4.79 Å². The molecule has 1 aromatic heterocycles. The molecule has 0 spiro atoms. The average molecular weight is 359 g/mol. The van der Waals surface area contributed by atoms with Crippen LogP contribution < -0.4 is 9.77 Å². The number of fused-ring (bicyclic) bond motifs is 6. The molecule has 126 valence electrons. The van der Waals surface area contributed by atoms with Crippen LogP contribution in [0.5, 0.6) is 0 Å². The Morgan fingerprint density at radius 2 is 1.88 bits per heavy atom. The average Bonchev–Trinajstić information content (AvgIpc) is 3.26. The number of rotatable bonds is 2. The second-order valence-electron chi connectivity index (χ2n) is 7.66. The second kappa shape index (κ2) is 5.40. The van der Waals surface area contributed by atoms with Crippen LogP contribution in [0, 0.1) is 17.8 Å². The predicted octanol–water partition coefficient (Wildman–Crippen LogP) is 4.15. The van der Waals surface area contributed by atoms with E-state index in [1.165, 1.54) is 46.7 Å². The molecular weight excluding hydrogens is 336 g/mol. The quantitative estimate of drug-likeness (QED) is 0.876. The lowest BCUT2D eigenvalue weighted by atomic mass is 9.75. The third-order valence-electron chi connectivity index (χ3n) is 6.23. The first kappa shape index (κ1) is 15.1. The van der Waals surface area contributed by atoms with Crippen LogP contribution in [0.25, 0.3) is 0 Å². The summed E-state index contributed by atoms with van der Waals surface area (Å²) in [7, 11) is 4.16. The van der Waals surface area contributed by atoms with Crippen LogP contribution in [-0.2, 0) is 0 Å². The van der Waals surface area contributed by atoms with Gasteiger partial charge in [-0.2, -0.15) is 0 Å². The van der Waals surface area contributed by atoms with Crippen molar-refractivity contribution in [1.82, 2.24) is 4.98 Å². The van der Waals surface area contributed by atoms with Crippen LogP contribution in [-0.4, -0.2) is 24.3 Å². The number of anilines is 1.